The van der Waals surface area contributed by atoms with Gasteiger partial charge < -0.3 is 0 Å². The lowest BCUT2D eigenvalue weighted by molar-refractivity contribution is 0.381. The van der Waals surface area contributed by atoms with Gasteiger partial charge in [0.1, 0.15) is 0 Å². The zero-order valence-electron chi connectivity index (χ0n) is 6.73. The maximum Gasteiger partial charge on any atom is 0.0357 e. The first-order valence-electron chi connectivity index (χ1n) is 3.94. The van der Waals surface area contributed by atoms with E-state index in [2.05, 4.69) is 36.4 Å². The van der Waals surface area contributed by atoms with Crippen molar-refractivity contribution in [3.05, 3.63) is 12.2 Å². The molecule has 3 unspecified atom stereocenters. The largest absolute Gasteiger partial charge is 0.0985 e. The van der Waals surface area contributed by atoms with Crippen molar-refractivity contribution in [3.8, 4) is 0 Å². The van der Waals surface area contributed by atoms with Crippen molar-refractivity contribution >= 4 is 15.9 Å². The minimum Gasteiger partial charge on any atom is -0.0985 e. The average molecular weight is 203 g/mol. The predicted molar refractivity (Wildman–Crippen MR) is 49.4 cm³/mol. The van der Waals surface area contributed by atoms with E-state index < -0.39 is 0 Å². The number of hydrogen-bond acceptors (Lipinski definition) is 0. The second-order valence-electron chi connectivity index (χ2n) is 3.52. The maximum atomic E-state index is 4.06. The Balaban J connectivity index is 2.57. The highest BCUT2D eigenvalue weighted by atomic mass is 79.9. The molecule has 10 heavy (non-hydrogen) atoms. The smallest absolute Gasteiger partial charge is 0.0357 e. The van der Waals surface area contributed by atoms with Gasteiger partial charge in [0.25, 0.3) is 0 Å². The van der Waals surface area contributed by atoms with E-state index in [1.807, 2.05) is 0 Å². The fourth-order valence-corrected chi connectivity index (χ4v) is 2.75. The number of alkyl halides is 1. The maximum absolute atomic E-state index is 4.06. The molecule has 3 atom stereocenters. The van der Waals surface area contributed by atoms with Crippen molar-refractivity contribution in [2.24, 2.45) is 11.8 Å². The van der Waals surface area contributed by atoms with Crippen LogP contribution in [0.3, 0.4) is 0 Å². The summed E-state index contributed by atoms with van der Waals surface area (Å²) in [5, 5.41) is 0. The Kier molecular flexibility index (Phi) is 2.56. The van der Waals surface area contributed by atoms with Crippen molar-refractivity contribution in [3.63, 3.8) is 0 Å². The molecule has 1 saturated carbocycles. The molecule has 0 aromatic heterocycles. The van der Waals surface area contributed by atoms with Crippen LogP contribution in [0.15, 0.2) is 12.2 Å². The standard InChI is InChI=1S/C9H15Br/c1-6-4-7(2)8(3)9(10)5-6/h6-7,9H,3-5H2,1-2H3. The van der Waals surface area contributed by atoms with Gasteiger partial charge in [-0.1, -0.05) is 41.9 Å². The topological polar surface area (TPSA) is 0 Å². The molecular formula is C9H15Br. The monoisotopic (exact) mass is 202 g/mol. The summed E-state index contributed by atoms with van der Waals surface area (Å²) in [5.74, 6) is 1.58. The van der Waals surface area contributed by atoms with Gasteiger partial charge >= 0.3 is 0 Å². The van der Waals surface area contributed by atoms with Crippen LogP contribution in [0.1, 0.15) is 26.7 Å². The van der Waals surface area contributed by atoms with Gasteiger partial charge in [-0.05, 0) is 24.7 Å². The van der Waals surface area contributed by atoms with Crippen LogP contribution in [0, 0.1) is 11.8 Å². The Morgan fingerprint density at radius 1 is 1.40 bits per heavy atom. The summed E-state index contributed by atoms with van der Waals surface area (Å²) in [6, 6.07) is 0. The predicted octanol–water partition coefficient (Wildman–Crippen LogP) is 3.37. The van der Waals surface area contributed by atoms with Crippen molar-refractivity contribution in [2.75, 3.05) is 0 Å². The summed E-state index contributed by atoms with van der Waals surface area (Å²) in [5.41, 5.74) is 1.39. The molecule has 0 heterocycles. The number of allylic oxidation sites excluding steroid dienone is 1. The van der Waals surface area contributed by atoms with E-state index in [9.17, 15) is 0 Å². The molecule has 1 aliphatic carbocycles. The van der Waals surface area contributed by atoms with Crippen LogP contribution < -0.4 is 0 Å². The molecule has 0 saturated heterocycles. The van der Waals surface area contributed by atoms with E-state index in [1.54, 1.807) is 0 Å². The molecule has 0 radical (unpaired) electrons. The van der Waals surface area contributed by atoms with E-state index in [0.717, 1.165) is 5.92 Å². The molecule has 0 aromatic rings. The summed E-state index contributed by atoms with van der Waals surface area (Å²) < 4.78 is 0. The molecule has 1 heteroatoms. The molecule has 1 fully saturated rings. The molecule has 0 aromatic carbocycles. The van der Waals surface area contributed by atoms with Crippen molar-refractivity contribution < 1.29 is 0 Å². The number of hydrogen-bond donors (Lipinski definition) is 0. The third-order valence-electron chi connectivity index (χ3n) is 2.40. The average Bonchev–Trinajstić information content (AvgIpc) is 1.82. The Bertz CT molecular complexity index is 126. The van der Waals surface area contributed by atoms with Gasteiger partial charge in [0.15, 0.2) is 0 Å². The van der Waals surface area contributed by atoms with Crippen LogP contribution >= 0.6 is 15.9 Å². The zero-order chi connectivity index (χ0) is 7.72. The molecule has 0 nitrogen and oxygen atoms in total. The van der Waals surface area contributed by atoms with Crippen molar-refractivity contribution in [2.45, 2.75) is 31.5 Å². The van der Waals surface area contributed by atoms with Gasteiger partial charge in [0, 0.05) is 4.83 Å². The van der Waals surface area contributed by atoms with Crippen LogP contribution in [-0.4, -0.2) is 4.83 Å². The minimum atomic E-state index is 0.575. The van der Waals surface area contributed by atoms with Crippen molar-refractivity contribution in [1.29, 1.82) is 0 Å². The Hall–Kier alpha value is 0.220. The Morgan fingerprint density at radius 2 is 2.00 bits per heavy atom. The van der Waals surface area contributed by atoms with E-state index in [1.165, 1.54) is 18.4 Å². The first-order valence-corrected chi connectivity index (χ1v) is 4.85. The lowest BCUT2D eigenvalue weighted by atomic mass is 9.80. The van der Waals surface area contributed by atoms with Crippen LogP contribution in [0.5, 0.6) is 0 Å². The number of rotatable bonds is 0. The van der Waals surface area contributed by atoms with Gasteiger partial charge in [-0.2, -0.15) is 0 Å². The Morgan fingerprint density at radius 3 is 2.50 bits per heavy atom. The van der Waals surface area contributed by atoms with E-state index in [4.69, 9.17) is 0 Å². The zero-order valence-corrected chi connectivity index (χ0v) is 8.32. The fourth-order valence-electron chi connectivity index (χ4n) is 1.66. The van der Waals surface area contributed by atoms with Crippen LogP contribution in [0.2, 0.25) is 0 Å². The third-order valence-corrected chi connectivity index (χ3v) is 3.36. The SMILES string of the molecule is C=C1C(C)CC(C)CC1Br. The second-order valence-corrected chi connectivity index (χ2v) is 4.63. The Labute approximate surface area is 71.8 Å². The third kappa shape index (κ3) is 1.63. The highest BCUT2D eigenvalue weighted by molar-refractivity contribution is 9.09. The molecular weight excluding hydrogens is 188 g/mol. The molecule has 1 rings (SSSR count). The highest BCUT2D eigenvalue weighted by Gasteiger charge is 2.24. The van der Waals surface area contributed by atoms with Crippen LogP contribution in [0.25, 0.3) is 0 Å². The fraction of sp³-hybridized carbons (Fsp3) is 0.778. The molecule has 0 bridgehead atoms. The molecule has 58 valence electrons. The second kappa shape index (κ2) is 3.08. The summed E-state index contributed by atoms with van der Waals surface area (Å²) >= 11 is 3.63. The first-order chi connectivity index (χ1) is 4.61. The molecule has 0 amide bonds. The summed E-state index contributed by atoms with van der Waals surface area (Å²) in [6.45, 7) is 8.65. The van der Waals surface area contributed by atoms with Gasteiger partial charge in [0.05, 0.1) is 0 Å². The normalized spacial score (nSPS) is 41.9. The highest BCUT2D eigenvalue weighted by Crippen LogP contribution is 2.35. The van der Waals surface area contributed by atoms with E-state index in [0.29, 0.717) is 10.7 Å². The summed E-state index contributed by atoms with van der Waals surface area (Å²) in [7, 11) is 0. The number of halogens is 1. The van der Waals surface area contributed by atoms with Crippen molar-refractivity contribution in [1.82, 2.24) is 0 Å². The lowest BCUT2D eigenvalue weighted by Crippen LogP contribution is -2.21. The van der Waals surface area contributed by atoms with E-state index >= 15 is 0 Å². The molecule has 1 aliphatic rings. The summed E-state index contributed by atoms with van der Waals surface area (Å²) in [4.78, 5) is 0.575. The first kappa shape index (κ1) is 8.32. The van der Waals surface area contributed by atoms with Gasteiger partial charge in [-0.3, -0.25) is 0 Å². The van der Waals surface area contributed by atoms with Crippen LogP contribution in [0.4, 0.5) is 0 Å². The van der Waals surface area contributed by atoms with Gasteiger partial charge in [-0.15, -0.1) is 0 Å². The lowest BCUT2D eigenvalue weighted by Gasteiger charge is -2.30. The quantitative estimate of drug-likeness (QED) is 0.418. The minimum absolute atomic E-state index is 0.575. The van der Waals surface area contributed by atoms with E-state index in [-0.39, 0.29) is 0 Å². The molecule has 0 N–H and O–H groups in total. The summed E-state index contributed by atoms with van der Waals surface area (Å²) in [6.07, 6.45) is 2.59. The van der Waals surface area contributed by atoms with Gasteiger partial charge in [0.2, 0.25) is 0 Å². The van der Waals surface area contributed by atoms with Crippen LogP contribution in [-0.2, 0) is 0 Å². The molecule has 0 aliphatic heterocycles. The van der Waals surface area contributed by atoms with Gasteiger partial charge in [-0.25, -0.2) is 0 Å². The molecule has 0 spiro atoms.